The molecule has 0 aliphatic rings. The van der Waals surface area contributed by atoms with Gasteiger partial charge in [-0.25, -0.2) is 13.2 Å². The molecule has 5 nitrogen and oxygen atoms in total. The van der Waals surface area contributed by atoms with Crippen LogP contribution in [-0.4, -0.2) is 19.5 Å². The minimum atomic E-state index is -3.69. The molecule has 0 aliphatic carbocycles. The number of aliphatic carboxylic acids is 1. The number of nitrogens with one attached hydrogen (secondary N) is 1. The molecular formula is C15H12BrNO4S. The van der Waals surface area contributed by atoms with Gasteiger partial charge in [0.05, 0.1) is 4.90 Å². The maximum Gasteiger partial charge on any atom is 0.328 e. The number of hydrogen-bond donors (Lipinski definition) is 2. The van der Waals surface area contributed by atoms with Crippen molar-refractivity contribution in [2.75, 3.05) is 4.72 Å². The molecule has 22 heavy (non-hydrogen) atoms. The molecule has 0 unspecified atom stereocenters. The molecule has 0 aromatic heterocycles. The van der Waals surface area contributed by atoms with E-state index in [0.29, 0.717) is 11.3 Å². The maximum absolute atomic E-state index is 12.3. The van der Waals surface area contributed by atoms with Gasteiger partial charge in [0.25, 0.3) is 10.0 Å². The Hall–Kier alpha value is -2.12. The molecule has 2 rings (SSSR count). The van der Waals surface area contributed by atoms with Crippen LogP contribution < -0.4 is 4.72 Å². The molecule has 0 fully saturated rings. The lowest BCUT2D eigenvalue weighted by molar-refractivity contribution is -0.131. The van der Waals surface area contributed by atoms with Gasteiger partial charge in [0.1, 0.15) is 0 Å². The number of sulfonamides is 1. The predicted octanol–water partition coefficient (Wildman–Crippen LogP) is 3.35. The molecule has 2 aromatic carbocycles. The van der Waals surface area contributed by atoms with Crippen LogP contribution in [0.3, 0.4) is 0 Å². The van der Waals surface area contributed by atoms with E-state index in [9.17, 15) is 13.2 Å². The van der Waals surface area contributed by atoms with Crippen molar-refractivity contribution in [3.63, 3.8) is 0 Å². The molecule has 0 saturated heterocycles. The minimum Gasteiger partial charge on any atom is -0.478 e. The van der Waals surface area contributed by atoms with E-state index in [1.807, 2.05) is 0 Å². The third-order valence-corrected chi connectivity index (χ3v) is 4.58. The smallest absolute Gasteiger partial charge is 0.328 e. The van der Waals surface area contributed by atoms with Gasteiger partial charge in [-0.15, -0.1) is 0 Å². The zero-order chi connectivity index (χ0) is 16.2. The number of benzene rings is 2. The molecule has 0 atom stereocenters. The highest BCUT2D eigenvalue weighted by atomic mass is 79.9. The molecule has 0 heterocycles. The lowest BCUT2D eigenvalue weighted by Crippen LogP contribution is -2.12. The molecule has 114 valence electrons. The Kier molecular flexibility index (Phi) is 4.99. The first-order valence-electron chi connectivity index (χ1n) is 6.16. The summed E-state index contributed by atoms with van der Waals surface area (Å²) in [4.78, 5) is 10.5. The van der Waals surface area contributed by atoms with Crippen LogP contribution >= 0.6 is 15.9 Å². The van der Waals surface area contributed by atoms with E-state index in [0.717, 1.165) is 10.5 Å². The van der Waals surface area contributed by atoms with Crippen LogP contribution in [0.1, 0.15) is 5.56 Å². The average molecular weight is 382 g/mol. The number of carboxylic acid groups (broad SMARTS) is 1. The Balaban J connectivity index is 2.21. The first kappa shape index (κ1) is 16.3. The Morgan fingerprint density at radius 1 is 1.14 bits per heavy atom. The normalized spacial score (nSPS) is 11.5. The number of carboxylic acids is 1. The molecule has 0 saturated carbocycles. The van der Waals surface area contributed by atoms with Crippen molar-refractivity contribution in [2.45, 2.75) is 4.90 Å². The van der Waals surface area contributed by atoms with Crippen molar-refractivity contribution < 1.29 is 18.3 Å². The summed E-state index contributed by atoms with van der Waals surface area (Å²) in [6.45, 7) is 0. The van der Waals surface area contributed by atoms with Crippen LogP contribution in [-0.2, 0) is 14.8 Å². The molecule has 0 aliphatic heterocycles. The van der Waals surface area contributed by atoms with Crippen molar-refractivity contribution in [2.24, 2.45) is 0 Å². The van der Waals surface area contributed by atoms with Gasteiger partial charge in [-0.3, -0.25) is 4.72 Å². The number of halogens is 1. The van der Waals surface area contributed by atoms with Crippen molar-refractivity contribution in [1.82, 2.24) is 0 Å². The zero-order valence-electron chi connectivity index (χ0n) is 11.2. The summed E-state index contributed by atoms with van der Waals surface area (Å²) in [7, 11) is -3.69. The number of carbonyl (C=O) groups is 1. The van der Waals surface area contributed by atoms with E-state index in [-0.39, 0.29) is 4.90 Å². The fraction of sp³-hybridized carbons (Fsp3) is 0. The Bertz CT molecular complexity index is 814. The summed E-state index contributed by atoms with van der Waals surface area (Å²) >= 11 is 3.27. The van der Waals surface area contributed by atoms with Crippen molar-refractivity contribution in [1.29, 1.82) is 0 Å². The standard InChI is InChI=1S/C15H12BrNO4S/c16-12-2-1-3-13(10-12)17-22(20,21)14-7-4-11(5-8-14)6-9-15(18)19/h1-10,17H,(H,18,19). The van der Waals surface area contributed by atoms with E-state index in [1.165, 1.54) is 30.3 Å². The second kappa shape index (κ2) is 6.76. The monoisotopic (exact) mass is 381 g/mol. The van der Waals surface area contributed by atoms with Crippen molar-refractivity contribution in [3.05, 3.63) is 64.6 Å². The lowest BCUT2D eigenvalue weighted by Gasteiger charge is -2.08. The second-order valence-corrected chi connectivity index (χ2v) is 6.95. The van der Waals surface area contributed by atoms with E-state index >= 15 is 0 Å². The van der Waals surface area contributed by atoms with Gasteiger partial charge in [0.15, 0.2) is 0 Å². The fourth-order valence-corrected chi connectivity index (χ4v) is 3.14. The van der Waals surface area contributed by atoms with Crippen LogP contribution in [0.4, 0.5) is 5.69 Å². The van der Waals surface area contributed by atoms with Gasteiger partial charge in [-0.05, 0) is 42.0 Å². The number of hydrogen-bond acceptors (Lipinski definition) is 3. The largest absolute Gasteiger partial charge is 0.478 e. The molecule has 0 amide bonds. The predicted molar refractivity (Wildman–Crippen MR) is 88.1 cm³/mol. The lowest BCUT2D eigenvalue weighted by atomic mass is 10.2. The summed E-state index contributed by atoms with van der Waals surface area (Å²) in [5.74, 6) is -1.06. The highest BCUT2D eigenvalue weighted by molar-refractivity contribution is 9.10. The van der Waals surface area contributed by atoms with Gasteiger partial charge < -0.3 is 5.11 Å². The van der Waals surface area contributed by atoms with Crippen LogP contribution in [0.15, 0.2) is 64.0 Å². The van der Waals surface area contributed by atoms with Gasteiger partial charge in [0.2, 0.25) is 0 Å². The van der Waals surface area contributed by atoms with Crippen molar-refractivity contribution in [3.8, 4) is 0 Å². The SMILES string of the molecule is O=C(O)C=Cc1ccc(S(=O)(=O)Nc2cccc(Br)c2)cc1. The fourth-order valence-electron chi connectivity index (χ4n) is 1.69. The number of rotatable bonds is 5. The zero-order valence-corrected chi connectivity index (χ0v) is 13.6. The molecule has 2 N–H and O–H groups in total. The van der Waals surface area contributed by atoms with E-state index in [1.54, 1.807) is 24.3 Å². The molecule has 0 radical (unpaired) electrons. The van der Waals surface area contributed by atoms with Gasteiger partial charge in [-0.2, -0.15) is 0 Å². The summed E-state index contributed by atoms with van der Waals surface area (Å²) in [5, 5.41) is 8.55. The topological polar surface area (TPSA) is 83.5 Å². The van der Waals surface area contributed by atoms with E-state index in [2.05, 4.69) is 20.7 Å². The average Bonchev–Trinajstić information content (AvgIpc) is 2.45. The molecule has 2 aromatic rings. The highest BCUT2D eigenvalue weighted by Crippen LogP contribution is 2.20. The first-order valence-corrected chi connectivity index (χ1v) is 8.44. The highest BCUT2D eigenvalue weighted by Gasteiger charge is 2.13. The van der Waals surface area contributed by atoms with Gasteiger partial charge in [0, 0.05) is 16.2 Å². The second-order valence-electron chi connectivity index (χ2n) is 4.36. The van der Waals surface area contributed by atoms with Crippen LogP contribution in [0.2, 0.25) is 0 Å². The first-order chi connectivity index (χ1) is 10.4. The van der Waals surface area contributed by atoms with Crippen LogP contribution in [0, 0.1) is 0 Å². The minimum absolute atomic E-state index is 0.0972. The summed E-state index contributed by atoms with van der Waals surface area (Å²) in [5.41, 5.74) is 1.05. The quantitative estimate of drug-likeness (QED) is 0.777. The van der Waals surface area contributed by atoms with Crippen LogP contribution in [0.25, 0.3) is 6.08 Å². The van der Waals surface area contributed by atoms with Crippen molar-refractivity contribution >= 4 is 43.7 Å². The number of anilines is 1. The third kappa shape index (κ3) is 4.44. The molecule has 7 heteroatoms. The summed E-state index contributed by atoms with van der Waals surface area (Å²) < 4.78 is 27.7. The molecule has 0 spiro atoms. The molecule has 0 bridgehead atoms. The third-order valence-electron chi connectivity index (χ3n) is 2.69. The Morgan fingerprint density at radius 3 is 2.41 bits per heavy atom. The van der Waals surface area contributed by atoms with Gasteiger partial charge >= 0.3 is 5.97 Å². The Labute approximate surface area is 136 Å². The van der Waals surface area contributed by atoms with Gasteiger partial charge in [-0.1, -0.05) is 34.1 Å². The Morgan fingerprint density at radius 2 is 1.82 bits per heavy atom. The van der Waals surface area contributed by atoms with Crippen LogP contribution in [0.5, 0.6) is 0 Å². The summed E-state index contributed by atoms with van der Waals surface area (Å²) in [6, 6.07) is 12.7. The summed E-state index contributed by atoms with van der Waals surface area (Å²) in [6.07, 6.45) is 2.38. The maximum atomic E-state index is 12.3. The molecular weight excluding hydrogens is 370 g/mol. The van der Waals surface area contributed by atoms with E-state index in [4.69, 9.17) is 5.11 Å². The van der Waals surface area contributed by atoms with E-state index < -0.39 is 16.0 Å².